The van der Waals surface area contributed by atoms with Crippen molar-refractivity contribution < 1.29 is 19.4 Å². The van der Waals surface area contributed by atoms with E-state index in [0.717, 1.165) is 18.2 Å². The van der Waals surface area contributed by atoms with E-state index < -0.39 is 17.8 Å². The molecule has 1 aromatic carbocycles. The average molecular weight is 213 g/mol. The van der Waals surface area contributed by atoms with Crippen molar-refractivity contribution in [3.63, 3.8) is 0 Å². The van der Waals surface area contributed by atoms with Crippen molar-refractivity contribution in [2.75, 3.05) is 6.54 Å². The smallest absolute Gasteiger partial charge is 0.255 e. The number of carbonyl (C=O) groups is 1. The van der Waals surface area contributed by atoms with Crippen LogP contribution >= 0.6 is 0 Å². The number of hydrogen-bond donors (Lipinski definition) is 3. The molecule has 1 aromatic rings. The van der Waals surface area contributed by atoms with Crippen molar-refractivity contribution >= 4 is 5.91 Å². The Morgan fingerprint density at radius 3 is 2.87 bits per heavy atom. The molecule has 3 N–H and O–H groups in total. The summed E-state index contributed by atoms with van der Waals surface area (Å²) in [5, 5.41) is 20.6. The molecule has 0 spiro atoms. The van der Waals surface area contributed by atoms with Crippen molar-refractivity contribution in [1.29, 1.82) is 0 Å². The molecule has 0 bridgehead atoms. The summed E-state index contributed by atoms with van der Waals surface area (Å²) in [5.74, 6) is -1.51. The maximum absolute atomic E-state index is 12.8. The van der Waals surface area contributed by atoms with Crippen molar-refractivity contribution in [3.05, 3.63) is 29.6 Å². The molecule has 4 nitrogen and oxygen atoms in total. The number of nitrogens with one attached hydrogen (secondary N) is 1. The summed E-state index contributed by atoms with van der Waals surface area (Å²) in [5.41, 5.74) is -0.143. The van der Waals surface area contributed by atoms with Crippen molar-refractivity contribution in [1.82, 2.24) is 5.32 Å². The van der Waals surface area contributed by atoms with E-state index in [4.69, 9.17) is 5.11 Å². The maximum atomic E-state index is 12.8. The number of halogens is 1. The van der Waals surface area contributed by atoms with Gasteiger partial charge in [-0.1, -0.05) is 0 Å². The van der Waals surface area contributed by atoms with Crippen LogP contribution in [0.5, 0.6) is 5.75 Å². The summed E-state index contributed by atoms with van der Waals surface area (Å²) in [4.78, 5) is 11.4. The fourth-order valence-electron chi connectivity index (χ4n) is 1.03. The Morgan fingerprint density at radius 1 is 1.60 bits per heavy atom. The van der Waals surface area contributed by atoms with Crippen LogP contribution in [0.2, 0.25) is 0 Å². The third kappa shape index (κ3) is 3.21. The number of benzene rings is 1. The van der Waals surface area contributed by atoms with Gasteiger partial charge in [-0.3, -0.25) is 4.79 Å². The molecule has 1 rings (SSSR count). The third-order valence-corrected chi connectivity index (χ3v) is 1.76. The number of amides is 1. The lowest BCUT2D eigenvalue weighted by atomic mass is 10.2. The van der Waals surface area contributed by atoms with Gasteiger partial charge in [0.25, 0.3) is 5.91 Å². The molecule has 0 aromatic heterocycles. The fraction of sp³-hybridized carbons (Fsp3) is 0.300. The normalized spacial score (nSPS) is 12.2. The first-order chi connectivity index (χ1) is 7.00. The summed E-state index contributed by atoms with van der Waals surface area (Å²) in [6, 6.07) is 3.10. The molecule has 15 heavy (non-hydrogen) atoms. The summed E-state index contributed by atoms with van der Waals surface area (Å²) in [6.45, 7) is 1.56. The molecule has 0 saturated carbocycles. The van der Waals surface area contributed by atoms with Crippen molar-refractivity contribution in [2.24, 2.45) is 0 Å². The van der Waals surface area contributed by atoms with E-state index in [9.17, 15) is 14.3 Å². The van der Waals surface area contributed by atoms with Crippen LogP contribution in [0.4, 0.5) is 4.39 Å². The van der Waals surface area contributed by atoms with E-state index in [1.165, 1.54) is 6.92 Å². The van der Waals surface area contributed by atoms with Gasteiger partial charge in [-0.2, -0.15) is 0 Å². The lowest BCUT2D eigenvalue weighted by Gasteiger charge is -2.08. The van der Waals surface area contributed by atoms with Gasteiger partial charge in [0.1, 0.15) is 11.6 Å². The van der Waals surface area contributed by atoms with Crippen LogP contribution in [0.25, 0.3) is 0 Å². The minimum Gasteiger partial charge on any atom is -0.507 e. The molecule has 0 heterocycles. The second kappa shape index (κ2) is 4.75. The van der Waals surface area contributed by atoms with Crippen LogP contribution in [-0.4, -0.2) is 28.8 Å². The number of aromatic hydroxyl groups is 1. The highest BCUT2D eigenvalue weighted by Gasteiger charge is 2.12. The zero-order valence-electron chi connectivity index (χ0n) is 8.20. The van der Waals surface area contributed by atoms with Gasteiger partial charge in [0.2, 0.25) is 0 Å². The molecule has 0 aliphatic rings. The third-order valence-electron chi connectivity index (χ3n) is 1.76. The van der Waals surface area contributed by atoms with Gasteiger partial charge >= 0.3 is 0 Å². The van der Waals surface area contributed by atoms with Gasteiger partial charge in [0.05, 0.1) is 11.7 Å². The van der Waals surface area contributed by atoms with Gasteiger partial charge in [0, 0.05) is 6.54 Å². The molecule has 0 unspecified atom stereocenters. The van der Waals surface area contributed by atoms with Gasteiger partial charge in [-0.15, -0.1) is 0 Å². The number of hydrogen-bond acceptors (Lipinski definition) is 3. The Kier molecular flexibility index (Phi) is 3.62. The van der Waals surface area contributed by atoms with Gasteiger partial charge in [-0.25, -0.2) is 4.39 Å². The summed E-state index contributed by atoms with van der Waals surface area (Å²) < 4.78 is 12.8. The van der Waals surface area contributed by atoms with Crippen LogP contribution in [0.15, 0.2) is 18.2 Å². The van der Waals surface area contributed by atoms with Crippen LogP contribution in [0, 0.1) is 5.82 Å². The SMILES string of the molecule is C[C@@H](O)CNC(=O)c1cc(F)ccc1O. The Morgan fingerprint density at radius 2 is 2.27 bits per heavy atom. The number of phenolic OH excluding ortho intramolecular Hbond substituents is 1. The average Bonchev–Trinajstić information content (AvgIpc) is 2.18. The summed E-state index contributed by atoms with van der Waals surface area (Å²) in [7, 11) is 0. The first-order valence-electron chi connectivity index (χ1n) is 4.45. The molecular weight excluding hydrogens is 201 g/mol. The van der Waals surface area contributed by atoms with Crippen LogP contribution in [0.1, 0.15) is 17.3 Å². The Bertz CT molecular complexity index is 366. The van der Waals surface area contributed by atoms with E-state index in [1.807, 2.05) is 0 Å². The van der Waals surface area contributed by atoms with Crippen molar-refractivity contribution in [2.45, 2.75) is 13.0 Å². The van der Waals surface area contributed by atoms with Crippen LogP contribution in [-0.2, 0) is 0 Å². The molecule has 82 valence electrons. The number of carbonyl (C=O) groups excluding carboxylic acids is 1. The maximum Gasteiger partial charge on any atom is 0.255 e. The molecule has 0 aliphatic heterocycles. The summed E-state index contributed by atoms with van der Waals surface area (Å²) in [6.07, 6.45) is -0.690. The molecule has 1 amide bonds. The lowest BCUT2D eigenvalue weighted by molar-refractivity contribution is 0.0921. The summed E-state index contributed by atoms with van der Waals surface area (Å²) >= 11 is 0. The molecule has 0 aliphatic carbocycles. The van der Waals surface area contributed by atoms with E-state index in [-0.39, 0.29) is 17.9 Å². The monoisotopic (exact) mass is 213 g/mol. The Labute approximate surface area is 86.4 Å². The Hall–Kier alpha value is -1.62. The highest BCUT2D eigenvalue weighted by molar-refractivity contribution is 5.96. The van der Waals surface area contributed by atoms with Gasteiger partial charge in [-0.05, 0) is 25.1 Å². The number of aliphatic hydroxyl groups is 1. The fourth-order valence-corrected chi connectivity index (χ4v) is 1.03. The second-order valence-electron chi connectivity index (χ2n) is 3.22. The van der Waals surface area contributed by atoms with E-state index in [2.05, 4.69) is 5.32 Å². The Balaban J connectivity index is 2.77. The predicted octanol–water partition coefficient (Wildman–Crippen LogP) is 0.642. The molecule has 5 heteroatoms. The molecule has 0 saturated heterocycles. The predicted molar refractivity (Wildman–Crippen MR) is 52.1 cm³/mol. The number of phenols is 1. The molecule has 1 atom stereocenters. The van der Waals surface area contributed by atoms with Crippen molar-refractivity contribution in [3.8, 4) is 5.75 Å². The molecular formula is C10H12FNO3. The minimum atomic E-state index is -0.690. The second-order valence-corrected chi connectivity index (χ2v) is 3.22. The topological polar surface area (TPSA) is 69.6 Å². The van der Waals surface area contributed by atoms with Crippen LogP contribution in [0.3, 0.4) is 0 Å². The zero-order chi connectivity index (χ0) is 11.4. The lowest BCUT2D eigenvalue weighted by Crippen LogP contribution is -2.30. The minimum absolute atomic E-state index is 0.0504. The molecule has 0 radical (unpaired) electrons. The zero-order valence-corrected chi connectivity index (χ0v) is 8.20. The van der Waals surface area contributed by atoms with E-state index in [0.29, 0.717) is 0 Å². The highest BCUT2D eigenvalue weighted by Crippen LogP contribution is 2.17. The highest BCUT2D eigenvalue weighted by atomic mass is 19.1. The van der Waals surface area contributed by atoms with Gasteiger partial charge < -0.3 is 15.5 Å². The van der Waals surface area contributed by atoms with Gasteiger partial charge in [0.15, 0.2) is 0 Å². The number of rotatable bonds is 3. The standard InChI is InChI=1S/C10H12FNO3/c1-6(13)5-12-10(15)8-4-7(11)2-3-9(8)14/h2-4,6,13-14H,5H2,1H3,(H,12,15)/t6-/m1/s1. The first-order valence-corrected chi connectivity index (χ1v) is 4.45. The quantitative estimate of drug-likeness (QED) is 0.690. The van der Waals surface area contributed by atoms with E-state index >= 15 is 0 Å². The van der Waals surface area contributed by atoms with Crippen LogP contribution < -0.4 is 5.32 Å². The van der Waals surface area contributed by atoms with E-state index in [1.54, 1.807) is 0 Å². The number of aliphatic hydroxyl groups excluding tert-OH is 1. The largest absolute Gasteiger partial charge is 0.507 e. The molecule has 0 fully saturated rings. The first kappa shape index (κ1) is 11.5.